The molecule has 4 rings (SSSR count). The molecule has 0 spiro atoms. The van der Waals surface area contributed by atoms with E-state index in [0.717, 1.165) is 22.0 Å². The quantitative estimate of drug-likeness (QED) is 0.400. The van der Waals surface area contributed by atoms with E-state index in [1.54, 1.807) is 44.4 Å². The largest absolute Gasteiger partial charge is 0.493 e. The van der Waals surface area contributed by atoms with Crippen molar-refractivity contribution in [3.63, 3.8) is 0 Å². The number of thiocarbonyl (C=S) groups is 1. The number of fused-ring (bicyclic) bond motifs is 1. The van der Waals surface area contributed by atoms with Crippen LogP contribution in [0.4, 0.5) is 5.69 Å². The van der Waals surface area contributed by atoms with Crippen LogP contribution in [0.1, 0.15) is 5.56 Å². The van der Waals surface area contributed by atoms with Crippen LogP contribution in [-0.2, 0) is 4.79 Å². The molecule has 0 atom stereocenters. The van der Waals surface area contributed by atoms with E-state index in [9.17, 15) is 4.79 Å². The molecule has 0 radical (unpaired) electrons. The number of methoxy groups -OCH3 is 3. The highest BCUT2D eigenvalue weighted by Gasteiger charge is 2.34. The first-order valence-electron chi connectivity index (χ1n) is 9.13. The first-order valence-corrected chi connectivity index (χ1v) is 10.4. The van der Waals surface area contributed by atoms with Crippen LogP contribution in [-0.4, -0.2) is 31.6 Å². The van der Waals surface area contributed by atoms with Gasteiger partial charge in [-0.2, -0.15) is 0 Å². The van der Waals surface area contributed by atoms with Gasteiger partial charge in [-0.05, 0) is 35.2 Å². The molecule has 1 heterocycles. The lowest BCUT2D eigenvalue weighted by Crippen LogP contribution is -2.27. The minimum absolute atomic E-state index is 0.157. The van der Waals surface area contributed by atoms with Crippen LogP contribution in [0, 0.1) is 0 Å². The Bertz CT molecular complexity index is 1160. The predicted molar refractivity (Wildman–Crippen MR) is 126 cm³/mol. The van der Waals surface area contributed by atoms with Crippen molar-refractivity contribution in [3.8, 4) is 17.2 Å². The van der Waals surface area contributed by atoms with Crippen molar-refractivity contribution in [2.75, 3.05) is 26.2 Å². The van der Waals surface area contributed by atoms with Gasteiger partial charge in [-0.1, -0.05) is 60.4 Å². The molecular weight excluding hydrogens is 418 g/mol. The van der Waals surface area contributed by atoms with E-state index in [-0.39, 0.29) is 5.91 Å². The molecule has 1 saturated heterocycles. The standard InChI is InChI=1S/C23H19NO4S2/c1-26-18-11-14(12-19(27-2)21(18)28-3)13-20-22(25)24(23(29)30-20)17-10-6-8-15-7-4-5-9-16(15)17/h4-13H,1-3H3/b20-13-. The van der Waals surface area contributed by atoms with Crippen LogP contribution < -0.4 is 19.1 Å². The van der Waals surface area contributed by atoms with E-state index in [4.69, 9.17) is 26.4 Å². The first-order chi connectivity index (χ1) is 14.6. The lowest BCUT2D eigenvalue weighted by Gasteiger charge is -2.17. The highest BCUT2D eigenvalue weighted by molar-refractivity contribution is 8.27. The monoisotopic (exact) mass is 437 g/mol. The Balaban J connectivity index is 1.75. The molecule has 3 aromatic rings. The minimum atomic E-state index is -0.157. The van der Waals surface area contributed by atoms with Gasteiger partial charge in [0.05, 0.1) is 31.9 Å². The maximum atomic E-state index is 13.3. The third-order valence-electron chi connectivity index (χ3n) is 4.79. The fourth-order valence-corrected chi connectivity index (χ4v) is 4.70. The van der Waals surface area contributed by atoms with Crippen molar-refractivity contribution in [3.05, 3.63) is 65.1 Å². The normalized spacial score (nSPS) is 15.2. The van der Waals surface area contributed by atoms with Crippen LogP contribution in [0.25, 0.3) is 16.8 Å². The van der Waals surface area contributed by atoms with E-state index >= 15 is 0 Å². The smallest absolute Gasteiger partial charge is 0.270 e. The molecule has 5 nitrogen and oxygen atoms in total. The second kappa shape index (κ2) is 8.38. The number of benzene rings is 3. The van der Waals surface area contributed by atoms with Crippen molar-refractivity contribution in [2.24, 2.45) is 0 Å². The van der Waals surface area contributed by atoms with Gasteiger partial charge in [0.2, 0.25) is 5.75 Å². The molecule has 0 bridgehead atoms. The van der Waals surface area contributed by atoms with Crippen molar-refractivity contribution in [1.82, 2.24) is 0 Å². The Hall–Kier alpha value is -3.03. The van der Waals surface area contributed by atoms with E-state index in [2.05, 4.69) is 0 Å². The van der Waals surface area contributed by atoms with Gasteiger partial charge in [-0.15, -0.1) is 0 Å². The number of hydrogen-bond donors (Lipinski definition) is 0. The summed E-state index contributed by atoms with van der Waals surface area (Å²) in [6, 6.07) is 17.4. The van der Waals surface area contributed by atoms with Gasteiger partial charge in [-0.3, -0.25) is 9.69 Å². The van der Waals surface area contributed by atoms with E-state index < -0.39 is 0 Å². The molecule has 0 saturated carbocycles. The summed E-state index contributed by atoms with van der Waals surface area (Å²) in [5, 5.41) is 2.03. The number of ether oxygens (including phenoxy) is 3. The van der Waals surface area contributed by atoms with Gasteiger partial charge in [0.1, 0.15) is 0 Å². The van der Waals surface area contributed by atoms with Gasteiger partial charge >= 0.3 is 0 Å². The molecule has 30 heavy (non-hydrogen) atoms. The van der Waals surface area contributed by atoms with E-state index in [1.165, 1.54) is 11.8 Å². The fourth-order valence-electron chi connectivity index (χ4n) is 3.41. The van der Waals surface area contributed by atoms with E-state index in [1.807, 2.05) is 42.5 Å². The summed E-state index contributed by atoms with van der Waals surface area (Å²) in [4.78, 5) is 15.4. The molecule has 1 aliphatic rings. The van der Waals surface area contributed by atoms with Gasteiger partial charge < -0.3 is 14.2 Å². The molecule has 7 heteroatoms. The van der Waals surface area contributed by atoms with Crippen LogP contribution in [0.3, 0.4) is 0 Å². The van der Waals surface area contributed by atoms with Crippen molar-refractivity contribution < 1.29 is 19.0 Å². The second-order valence-corrected chi connectivity index (χ2v) is 8.15. The number of rotatable bonds is 5. The van der Waals surface area contributed by atoms with Crippen LogP contribution >= 0.6 is 24.0 Å². The molecule has 152 valence electrons. The highest BCUT2D eigenvalue weighted by atomic mass is 32.2. The summed E-state index contributed by atoms with van der Waals surface area (Å²) in [5.74, 6) is 1.39. The molecule has 3 aromatic carbocycles. The van der Waals surface area contributed by atoms with E-state index in [0.29, 0.717) is 26.5 Å². The number of amides is 1. The summed E-state index contributed by atoms with van der Waals surface area (Å²) >= 11 is 6.82. The third-order valence-corrected chi connectivity index (χ3v) is 6.09. The zero-order chi connectivity index (χ0) is 21.3. The zero-order valence-corrected chi connectivity index (χ0v) is 18.3. The summed E-state index contributed by atoms with van der Waals surface area (Å²) in [6.07, 6.45) is 1.79. The van der Waals surface area contributed by atoms with Crippen LogP contribution in [0.2, 0.25) is 0 Å². The summed E-state index contributed by atoms with van der Waals surface area (Å²) < 4.78 is 16.7. The topological polar surface area (TPSA) is 48.0 Å². The maximum absolute atomic E-state index is 13.3. The van der Waals surface area contributed by atoms with Gasteiger partial charge in [0, 0.05) is 5.39 Å². The Morgan fingerprint density at radius 3 is 2.27 bits per heavy atom. The van der Waals surface area contributed by atoms with Gasteiger partial charge in [0.25, 0.3) is 5.91 Å². The van der Waals surface area contributed by atoms with Gasteiger partial charge in [-0.25, -0.2) is 0 Å². The van der Waals surface area contributed by atoms with Gasteiger partial charge in [0.15, 0.2) is 15.8 Å². The molecule has 0 unspecified atom stereocenters. The SMILES string of the molecule is COc1cc(/C=C2\SC(=S)N(c3cccc4ccccc34)C2=O)cc(OC)c1OC. The van der Waals surface area contributed by atoms with Crippen molar-refractivity contribution in [1.29, 1.82) is 0 Å². The number of carbonyl (C=O) groups is 1. The lowest BCUT2D eigenvalue weighted by molar-refractivity contribution is -0.113. The number of anilines is 1. The van der Waals surface area contributed by atoms with Crippen molar-refractivity contribution in [2.45, 2.75) is 0 Å². The Labute approximate surface area is 184 Å². The lowest BCUT2D eigenvalue weighted by atomic mass is 10.1. The van der Waals surface area contributed by atoms with Crippen LogP contribution in [0.5, 0.6) is 17.2 Å². The molecule has 0 aromatic heterocycles. The third kappa shape index (κ3) is 3.51. The number of nitrogens with zero attached hydrogens (tertiary/aromatic N) is 1. The molecule has 0 aliphatic carbocycles. The number of hydrogen-bond acceptors (Lipinski definition) is 6. The molecule has 1 amide bonds. The Morgan fingerprint density at radius 1 is 0.933 bits per heavy atom. The first kappa shape index (κ1) is 20.3. The summed E-state index contributed by atoms with van der Waals surface area (Å²) in [6.45, 7) is 0. The Morgan fingerprint density at radius 2 is 1.60 bits per heavy atom. The number of thioether (sulfide) groups is 1. The molecular formula is C23H19NO4S2. The zero-order valence-electron chi connectivity index (χ0n) is 16.7. The summed E-state index contributed by atoms with van der Waals surface area (Å²) in [5.41, 5.74) is 1.53. The Kier molecular flexibility index (Phi) is 5.65. The van der Waals surface area contributed by atoms with Crippen LogP contribution in [0.15, 0.2) is 59.5 Å². The maximum Gasteiger partial charge on any atom is 0.270 e. The molecule has 1 fully saturated rings. The molecule has 1 aliphatic heterocycles. The predicted octanol–water partition coefficient (Wildman–Crippen LogP) is 5.27. The van der Waals surface area contributed by atoms with Crippen molar-refractivity contribution >= 4 is 56.7 Å². The number of carbonyl (C=O) groups excluding carboxylic acids is 1. The molecule has 0 N–H and O–H groups in total. The fraction of sp³-hybridized carbons (Fsp3) is 0.130. The second-order valence-electron chi connectivity index (χ2n) is 6.47. The average molecular weight is 438 g/mol. The minimum Gasteiger partial charge on any atom is -0.493 e. The highest BCUT2D eigenvalue weighted by Crippen LogP contribution is 2.42. The summed E-state index contributed by atoms with van der Waals surface area (Å²) in [7, 11) is 4.66. The average Bonchev–Trinajstić information content (AvgIpc) is 3.05.